The molecular formula is C27H35ClNO4+. The third-order valence-electron chi connectivity index (χ3n) is 7.32. The van der Waals surface area contributed by atoms with E-state index in [1.54, 1.807) is 0 Å². The van der Waals surface area contributed by atoms with Gasteiger partial charge in [-0.05, 0) is 30.5 Å². The molecule has 2 fully saturated rings. The molecule has 0 spiro atoms. The van der Waals surface area contributed by atoms with Gasteiger partial charge in [-0.15, -0.1) is 0 Å². The van der Waals surface area contributed by atoms with Gasteiger partial charge in [0.05, 0.1) is 31.8 Å². The van der Waals surface area contributed by atoms with Crippen LogP contribution >= 0.6 is 11.6 Å². The van der Waals surface area contributed by atoms with Crippen molar-refractivity contribution >= 4 is 17.6 Å². The lowest BCUT2D eigenvalue weighted by Gasteiger charge is -2.33. The molecule has 1 saturated heterocycles. The van der Waals surface area contributed by atoms with Gasteiger partial charge >= 0.3 is 5.97 Å². The lowest BCUT2D eigenvalue weighted by Crippen LogP contribution is -2.47. The molecular weight excluding hydrogens is 438 g/mol. The van der Waals surface area contributed by atoms with Gasteiger partial charge < -0.3 is 19.1 Å². The summed E-state index contributed by atoms with van der Waals surface area (Å²) in [5, 5.41) is 12.3. The van der Waals surface area contributed by atoms with Crippen molar-refractivity contribution in [1.82, 2.24) is 0 Å². The predicted octanol–water partition coefficient (Wildman–Crippen LogP) is 4.95. The molecule has 4 rings (SSSR count). The number of nitrogens with zero attached hydrogens (tertiary/aromatic N) is 1. The number of likely N-dealkylation sites (tertiary alicyclic amines) is 1. The van der Waals surface area contributed by atoms with Gasteiger partial charge in [0.2, 0.25) is 0 Å². The number of benzene rings is 2. The number of para-hydroxylation sites is 1. The Labute approximate surface area is 201 Å². The number of carbonyl (C=O) groups excluding carboxylic acids is 1. The molecule has 5 nitrogen and oxygen atoms in total. The van der Waals surface area contributed by atoms with E-state index in [0.717, 1.165) is 62.6 Å². The number of hydrogen-bond donors (Lipinski definition) is 1. The first-order valence-electron chi connectivity index (χ1n) is 12.1. The molecule has 0 aromatic heterocycles. The Bertz CT molecular complexity index is 933. The second-order valence-electron chi connectivity index (χ2n) is 9.81. The summed E-state index contributed by atoms with van der Waals surface area (Å²) in [7, 11) is 2.20. The van der Waals surface area contributed by atoms with Crippen LogP contribution in [0.1, 0.15) is 44.1 Å². The van der Waals surface area contributed by atoms with Gasteiger partial charge in [0, 0.05) is 18.8 Å². The van der Waals surface area contributed by atoms with Crippen LogP contribution in [0.4, 0.5) is 0 Å². The molecule has 3 atom stereocenters. The number of esters is 1. The quantitative estimate of drug-likeness (QED) is 0.319. The third kappa shape index (κ3) is 5.53. The Balaban J connectivity index is 1.32. The highest BCUT2D eigenvalue weighted by molar-refractivity contribution is 6.32. The highest BCUT2D eigenvalue weighted by Gasteiger charge is 2.49. The van der Waals surface area contributed by atoms with Gasteiger partial charge in [0.1, 0.15) is 12.3 Å². The van der Waals surface area contributed by atoms with E-state index in [1.807, 2.05) is 54.6 Å². The lowest BCUT2D eigenvalue weighted by atomic mass is 9.80. The van der Waals surface area contributed by atoms with Crippen LogP contribution in [0.5, 0.6) is 5.75 Å². The molecule has 33 heavy (non-hydrogen) atoms. The summed E-state index contributed by atoms with van der Waals surface area (Å²) in [4.78, 5) is 13.4. The molecule has 0 radical (unpaired) electrons. The number of rotatable bonds is 9. The maximum atomic E-state index is 13.4. The minimum Gasteiger partial charge on any atom is -0.492 e. The van der Waals surface area contributed by atoms with E-state index < -0.39 is 11.6 Å². The minimum absolute atomic E-state index is 0.0864. The van der Waals surface area contributed by atoms with Gasteiger partial charge in [0.25, 0.3) is 0 Å². The second-order valence-corrected chi connectivity index (χ2v) is 10.2. The van der Waals surface area contributed by atoms with Crippen LogP contribution < -0.4 is 4.74 Å². The monoisotopic (exact) mass is 472 g/mol. The van der Waals surface area contributed by atoms with Crippen molar-refractivity contribution in [3.8, 4) is 5.75 Å². The highest BCUT2D eigenvalue weighted by Crippen LogP contribution is 2.42. The van der Waals surface area contributed by atoms with Crippen LogP contribution in [0.3, 0.4) is 0 Å². The summed E-state index contributed by atoms with van der Waals surface area (Å²) in [5.41, 5.74) is -0.916. The van der Waals surface area contributed by atoms with Crippen molar-refractivity contribution < 1.29 is 23.9 Å². The van der Waals surface area contributed by atoms with E-state index in [-0.39, 0.29) is 12.0 Å². The molecule has 1 unspecified atom stereocenters. The van der Waals surface area contributed by atoms with Crippen LogP contribution in [0, 0.1) is 5.92 Å². The Kier molecular flexibility index (Phi) is 7.62. The Morgan fingerprint density at radius 1 is 1.09 bits per heavy atom. The molecule has 0 bridgehead atoms. The maximum Gasteiger partial charge on any atom is 0.343 e. The fourth-order valence-electron chi connectivity index (χ4n) is 5.42. The fraction of sp³-hybridized carbons (Fsp3) is 0.519. The number of aliphatic hydroxyl groups is 1. The Hall–Kier alpha value is -2.08. The van der Waals surface area contributed by atoms with Crippen LogP contribution in [0.25, 0.3) is 0 Å². The first-order valence-corrected chi connectivity index (χ1v) is 12.5. The number of likely N-dealkylation sites (N-methyl/N-ethyl adjacent to an activating group) is 1. The maximum absolute atomic E-state index is 13.4. The van der Waals surface area contributed by atoms with Crippen LogP contribution in [-0.2, 0) is 15.1 Å². The van der Waals surface area contributed by atoms with Gasteiger partial charge in [-0.3, -0.25) is 0 Å². The van der Waals surface area contributed by atoms with E-state index >= 15 is 0 Å². The molecule has 2 aromatic rings. The molecule has 178 valence electrons. The zero-order chi connectivity index (χ0) is 23.3. The topological polar surface area (TPSA) is 55.8 Å². The SMILES string of the molecule is C[N+]1(CCCOc2ccccc2Cl)CC[C@@H](OC(=O)[C@](O)(c2ccccc2)C2CCCC2)C1. The summed E-state index contributed by atoms with van der Waals surface area (Å²) in [5.74, 6) is 0.139. The number of halogens is 1. The minimum atomic E-state index is -1.56. The summed E-state index contributed by atoms with van der Waals surface area (Å²) in [6.07, 6.45) is 5.31. The molecule has 1 N–H and O–H groups in total. The van der Waals surface area contributed by atoms with Gasteiger partial charge in [-0.2, -0.15) is 0 Å². The number of ether oxygens (including phenoxy) is 2. The van der Waals surface area contributed by atoms with Crippen LogP contribution in [0.2, 0.25) is 5.02 Å². The average molecular weight is 473 g/mol. The van der Waals surface area contributed by atoms with Gasteiger partial charge in [-0.1, -0.05) is 66.9 Å². The largest absolute Gasteiger partial charge is 0.492 e. The Morgan fingerprint density at radius 2 is 1.79 bits per heavy atom. The van der Waals surface area contributed by atoms with Crippen LogP contribution in [-0.4, -0.2) is 55.0 Å². The average Bonchev–Trinajstić information content (AvgIpc) is 3.49. The fourth-order valence-corrected chi connectivity index (χ4v) is 5.61. The van der Waals surface area contributed by atoms with E-state index in [9.17, 15) is 9.90 Å². The standard InChI is InChI=1S/C27H35ClNO4/c1-29(17-9-19-32-25-15-8-7-14-24(25)28)18-16-23(20-29)33-26(30)27(31,22-12-5-6-13-22)21-10-3-2-4-11-21/h2-4,7-8,10-11,14-15,22-23,31H,5-6,9,12-13,16-20H2,1H3/q+1/t23-,27+,29?/m1/s1. The second kappa shape index (κ2) is 10.5. The van der Waals surface area contributed by atoms with Crippen molar-refractivity contribution in [2.45, 2.75) is 50.2 Å². The first-order chi connectivity index (χ1) is 15.9. The van der Waals surface area contributed by atoms with E-state index in [2.05, 4.69) is 7.05 Å². The van der Waals surface area contributed by atoms with Crippen molar-refractivity contribution in [2.24, 2.45) is 5.92 Å². The smallest absolute Gasteiger partial charge is 0.343 e. The summed E-state index contributed by atoms with van der Waals surface area (Å²) >= 11 is 6.16. The first kappa shape index (κ1) is 24.1. The van der Waals surface area contributed by atoms with Crippen molar-refractivity contribution in [2.75, 3.05) is 33.3 Å². The van der Waals surface area contributed by atoms with Gasteiger partial charge in [-0.25, -0.2) is 4.79 Å². The van der Waals surface area contributed by atoms with Crippen molar-refractivity contribution in [3.05, 3.63) is 65.2 Å². The summed E-state index contributed by atoms with van der Waals surface area (Å²) in [6, 6.07) is 16.8. The summed E-state index contributed by atoms with van der Waals surface area (Å²) < 4.78 is 12.6. The molecule has 2 aromatic carbocycles. The molecule has 6 heteroatoms. The van der Waals surface area contributed by atoms with Gasteiger partial charge in [0.15, 0.2) is 11.7 Å². The molecule has 1 aliphatic carbocycles. The molecule has 1 aliphatic heterocycles. The predicted molar refractivity (Wildman–Crippen MR) is 129 cm³/mol. The normalized spacial score (nSPS) is 25.0. The van der Waals surface area contributed by atoms with Crippen LogP contribution in [0.15, 0.2) is 54.6 Å². The van der Waals surface area contributed by atoms with E-state index in [0.29, 0.717) is 22.9 Å². The lowest BCUT2D eigenvalue weighted by molar-refractivity contribution is -0.899. The number of hydrogen-bond acceptors (Lipinski definition) is 4. The van der Waals surface area contributed by atoms with E-state index in [4.69, 9.17) is 21.1 Å². The molecule has 0 amide bonds. The van der Waals surface area contributed by atoms with Crippen molar-refractivity contribution in [1.29, 1.82) is 0 Å². The zero-order valence-corrected chi connectivity index (χ0v) is 20.2. The zero-order valence-electron chi connectivity index (χ0n) is 19.4. The van der Waals surface area contributed by atoms with E-state index in [1.165, 1.54) is 0 Å². The highest BCUT2D eigenvalue weighted by atomic mass is 35.5. The summed E-state index contributed by atoms with van der Waals surface area (Å²) in [6.45, 7) is 3.23. The molecule has 1 saturated carbocycles. The molecule has 1 heterocycles. The third-order valence-corrected chi connectivity index (χ3v) is 7.63. The number of quaternary nitrogens is 1. The number of carbonyl (C=O) groups is 1. The Morgan fingerprint density at radius 3 is 2.52 bits per heavy atom. The van der Waals surface area contributed by atoms with Crippen molar-refractivity contribution in [3.63, 3.8) is 0 Å². The molecule has 2 aliphatic rings.